The standard InChI is InChI=1S/C19H19N3O6/c1-9-17(19(25)22-21-9)11(7-16(23)26-2)12-5-10-6-14-15(28-4-3-27-14)8-13(10)20-18(12)24/h5-6,8,11H,3-4,7H2,1-2H3,(H,20,24)(H2,21,22,25)/t11-/m0/s1. The zero-order valence-corrected chi connectivity index (χ0v) is 15.4. The van der Waals surface area contributed by atoms with Crippen LogP contribution in [-0.4, -0.2) is 41.5 Å². The van der Waals surface area contributed by atoms with Crippen molar-refractivity contribution in [2.45, 2.75) is 19.3 Å². The average Bonchev–Trinajstić information content (AvgIpc) is 3.02. The molecular formula is C19H19N3O6. The van der Waals surface area contributed by atoms with Crippen LogP contribution in [0.25, 0.3) is 10.9 Å². The van der Waals surface area contributed by atoms with Gasteiger partial charge in [-0.1, -0.05) is 0 Å². The molecule has 0 unspecified atom stereocenters. The number of H-pyrrole nitrogens is 3. The first kappa shape index (κ1) is 17.9. The number of aryl methyl sites for hydroxylation is 1. The molecule has 0 fully saturated rings. The van der Waals surface area contributed by atoms with Crippen molar-refractivity contribution in [3.8, 4) is 11.5 Å². The second-order valence-corrected chi connectivity index (χ2v) is 6.59. The third-order valence-electron chi connectivity index (χ3n) is 4.87. The normalized spacial score (nSPS) is 14.1. The molecule has 0 amide bonds. The van der Waals surface area contributed by atoms with Crippen LogP contribution in [0.15, 0.2) is 27.8 Å². The summed E-state index contributed by atoms with van der Waals surface area (Å²) in [5.41, 5.74) is 0.983. The monoisotopic (exact) mass is 385 g/mol. The number of carbonyl (C=O) groups excluding carboxylic acids is 1. The molecule has 9 nitrogen and oxygen atoms in total. The summed E-state index contributed by atoms with van der Waals surface area (Å²) in [5, 5.41) is 5.94. The van der Waals surface area contributed by atoms with Gasteiger partial charge in [0.05, 0.1) is 19.0 Å². The Hall–Kier alpha value is -3.49. The Bertz CT molecular complexity index is 1170. The van der Waals surface area contributed by atoms with Gasteiger partial charge in [0.1, 0.15) is 13.2 Å². The lowest BCUT2D eigenvalue weighted by Gasteiger charge is -2.19. The van der Waals surface area contributed by atoms with Crippen molar-refractivity contribution in [3.63, 3.8) is 0 Å². The number of ether oxygens (including phenoxy) is 3. The van der Waals surface area contributed by atoms with E-state index in [1.54, 1.807) is 25.1 Å². The third kappa shape index (κ3) is 3.04. The van der Waals surface area contributed by atoms with E-state index in [1.807, 2.05) is 0 Å². The highest BCUT2D eigenvalue weighted by Gasteiger charge is 2.27. The number of hydrogen-bond donors (Lipinski definition) is 3. The SMILES string of the molecule is COC(=O)C[C@@H](c1cc2cc3c(cc2[nH]c1=O)OCCO3)c1c(C)[nH][nH]c1=O. The van der Waals surface area contributed by atoms with Crippen molar-refractivity contribution < 1.29 is 19.0 Å². The third-order valence-corrected chi connectivity index (χ3v) is 4.87. The van der Waals surface area contributed by atoms with Crippen molar-refractivity contribution in [2.75, 3.05) is 20.3 Å². The van der Waals surface area contributed by atoms with Gasteiger partial charge in [-0.15, -0.1) is 0 Å². The summed E-state index contributed by atoms with van der Waals surface area (Å²) in [6, 6.07) is 5.15. The fourth-order valence-corrected chi connectivity index (χ4v) is 3.51. The Morgan fingerprint density at radius 1 is 1.11 bits per heavy atom. The number of esters is 1. The minimum atomic E-state index is -0.760. The van der Waals surface area contributed by atoms with Gasteiger partial charge in [0.25, 0.3) is 11.1 Å². The van der Waals surface area contributed by atoms with Crippen LogP contribution >= 0.6 is 0 Å². The molecule has 1 aliphatic rings. The molecule has 1 aliphatic heterocycles. The number of rotatable bonds is 4. The first-order chi connectivity index (χ1) is 13.5. The summed E-state index contributed by atoms with van der Waals surface area (Å²) in [6.07, 6.45) is -0.141. The predicted octanol–water partition coefficient (Wildman–Crippen LogP) is 1.32. The number of aromatic nitrogens is 3. The summed E-state index contributed by atoms with van der Waals surface area (Å²) in [7, 11) is 1.27. The van der Waals surface area contributed by atoms with Gasteiger partial charge in [-0.05, 0) is 19.1 Å². The minimum Gasteiger partial charge on any atom is -0.486 e. The maximum Gasteiger partial charge on any atom is 0.306 e. The largest absolute Gasteiger partial charge is 0.486 e. The smallest absolute Gasteiger partial charge is 0.306 e. The number of aromatic amines is 3. The molecule has 0 radical (unpaired) electrons. The highest BCUT2D eigenvalue weighted by Crippen LogP contribution is 2.35. The molecule has 9 heteroatoms. The van der Waals surface area contributed by atoms with Crippen LogP contribution in [0.3, 0.4) is 0 Å². The summed E-state index contributed by atoms with van der Waals surface area (Å²) < 4.78 is 15.9. The van der Waals surface area contributed by atoms with Crippen LogP contribution in [0, 0.1) is 6.92 Å². The maximum atomic E-state index is 12.8. The quantitative estimate of drug-likeness (QED) is 0.582. The molecule has 3 aromatic rings. The number of pyridine rings is 1. The van der Waals surface area contributed by atoms with E-state index >= 15 is 0 Å². The highest BCUT2D eigenvalue weighted by molar-refractivity contribution is 5.83. The average molecular weight is 385 g/mol. The van der Waals surface area contributed by atoms with Gasteiger partial charge >= 0.3 is 5.97 Å². The fraction of sp³-hybridized carbons (Fsp3) is 0.316. The van der Waals surface area contributed by atoms with Crippen LogP contribution in [0.1, 0.15) is 29.2 Å². The molecule has 2 aromatic heterocycles. The number of nitrogens with one attached hydrogen (secondary N) is 3. The van der Waals surface area contributed by atoms with Crippen molar-refractivity contribution in [3.05, 3.63) is 55.7 Å². The topological polar surface area (TPSA) is 126 Å². The first-order valence-electron chi connectivity index (χ1n) is 8.78. The molecule has 1 aromatic carbocycles. The zero-order valence-electron chi connectivity index (χ0n) is 15.4. The first-order valence-corrected chi connectivity index (χ1v) is 8.78. The van der Waals surface area contributed by atoms with E-state index in [-0.39, 0.29) is 12.0 Å². The molecule has 0 saturated heterocycles. The Morgan fingerprint density at radius 3 is 2.46 bits per heavy atom. The van der Waals surface area contributed by atoms with Gasteiger partial charge in [0.15, 0.2) is 11.5 Å². The number of carbonyl (C=O) groups is 1. The van der Waals surface area contributed by atoms with E-state index in [0.717, 1.165) is 0 Å². The number of methoxy groups -OCH3 is 1. The van der Waals surface area contributed by atoms with Crippen LogP contribution < -0.4 is 20.6 Å². The fourth-order valence-electron chi connectivity index (χ4n) is 3.51. The molecule has 3 heterocycles. The Labute approximate surface area is 158 Å². The van der Waals surface area contributed by atoms with Gasteiger partial charge in [-0.25, -0.2) is 0 Å². The van der Waals surface area contributed by atoms with Crippen LogP contribution in [0.5, 0.6) is 11.5 Å². The van der Waals surface area contributed by atoms with Gasteiger partial charge in [-0.2, -0.15) is 0 Å². The molecule has 1 atom stereocenters. The summed E-state index contributed by atoms with van der Waals surface area (Å²) in [6.45, 7) is 2.59. The number of benzene rings is 1. The summed E-state index contributed by atoms with van der Waals surface area (Å²) >= 11 is 0. The van der Waals surface area contributed by atoms with Gasteiger partial charge in [0.2, 0.25) is 0 Å². The molecule has 0 saturated carbocycles. The van der Waals surface area contributed by atoms with Gasteiger partial charge in [0, 0.05) is 34.2 Å². The van der Waals surface area contributed by atoms with E-state index in [2.05, 4.69) is 15.2 Å². The van der Waals surface area contributed by atoms with Gasteiger partial charge < -0.3 is 24.3 Å². The molecular weight excluding hydrogens is 366 g/mol. The lowest BCUT2D eigenvalue weighted by atomic mass is 9.88. The van der Waals surface area contributed by atoms with Crippen molar-refractivity contribution in [1.82, 2.24) is 15.2 Å². The molecule has 0 spiro atoms. The van der Waals surface area contributed by atoms with E-state index < -0.39 is 17.4 Å². The van der Waals surface area contributed by atoms with Gasteiger partial charge in [-0.3, -0.25) is 19.5 Å². The van der Waals surface area contributed by atoms with Crippen molar-refractivity contribution >= 4 is 16.9 Å². The number of fused-ring (bicyclic) bond motifs is 2. The number of hydrogen-bond acceptors (Lipinski definition) is 6. The second-order valence-electron chi connectivity index (χ2n) is 6.59. The zero-order chi connectivity index (χ0) is 19.8. The van der Waals surface area contributed by atoms with Crippen molar-refractivity contribution in [2.24, 2.45) is 0 Å². The molecule has 28 heavy (non-hydrogen) atoms. The lowest BCUT2D eigenvalue weighted by molar-refractivity contribution is -0.140. The van der Waals surface area contributed by atoms with Crippen molar-refractivity contribution in [1.29, 1.82) is 0 Å². The lowest BCUT2D eigenvalue weighted by Crippen LogP contribution is -2.24. The molecule has 0 aliphatic carbocycles. The summed E-state index contributed by atoms with van der Waals surface area (Å²) in [4.78, 5) is 39.9. The Kier molecular flexibility index (Phi) is 4.42. The molecule has 4 rings (SSSR count). The highest BCUT2D eigenvalue weighted by atomic mass is 16.6. The molecule has 0 bridgehead atoms. The van der Waals surface area contributed by atoms with Crippen LogP contribution in [0.4, 0.5) is 0 Å². The minimum absolute atomic E-state index is 0.141. The summed E-state index contributed by atoms with van der Waals surface area (Å²) in [5.74, 6) is -0.140. The second kappa shape index (κ2) is 6.91. The van der Waals surface area contributed by atoms with E-state index in [4.69, 9.17) is 14.2 Å². The van der Waals surface area contributed by atoms with Crippen LogP contribution in [0.2, 0.25) is 0 Å². The maximum absolute atomic E-state index is 12.8. The van der Waals surface area contributed by atoms with E-state index in [9.17, 15) is 14.4 Å². The Balaban J connectivity index is 1.90. The van der Waals surface area contributed by atoms with Crippen LogP contribution in [-0.2, 0) is 9.53 Å². The predicted molar refractivity (Wildman–Crippen MR) is 100 cm³/mol. The molecule has 3 N–H and O–H groups in total. The molecule has 146 valence electrons. The van der Waals surface area contributed by atoms with E-state index in [0.29, 0.717) is 52.4 Å². The Morgan fingerprint density at radius 2 is 1.82 bits per heavy atom. The van der Waals surface area contributed by atoms with E-state index in [1.165, 1.54) is 7.11 Å².